The molecule has 0 spiro atoms. The van der Waals surface area contributed by atoms with E-state index in [1.54, 1.807) is 0 Å². The van der Waals surface area contributed by atoms with Gasteiger partial charge in [0.15, 0.2) is 0 Å². The van der Waals surface area contributed by atoms with Crippen molar-refractivity contribution in [3.8, 4) is 0 Å². The predicted octanol–water partition coefficient (Wildman–Crippen LogP) is 1.42. The Bertz CT molecular complexity index is 261. The minimum atomic E-state index is 0.378. The van der Waals surface area contributed by atoms with Crippen molar-refractivity contribution in [3.63, 3.8) is 0 Å². The molecule has 2 heterocycles. The number of hydrogen-bond acceptors (Lipinski definition) is 2. The maximum atomic E-state index is 2.70. The molecule has 1 aliphatic carbocycles. The van der Waals surface area contributed by atoms with Gasteiger partial charge in [-0.3, -0.25) is 4.90 Å². The Hall–Kier alpha value is -0.0800. The van der Waals surface area contributed by atoms with E-state index in [4.69, 9.17) is 0 Å². The van der Waals surface area contributed by atoms with Crippen LogP contribution in [0.25, 0.3) is 0 Å². The van der Waals surface area contributed by atoms with Gasteiger partial charge in [0.1, 0.15) is 0 Å². The second-order valence-electron chi connectivity index (χ2n) is 6.94. The van der Waals surface area contributed by atoms with Crippen molar-refractivity contribution < 1.29 is 0 Å². The SMILES string of the molecule is CN1CC23CN(C(C)(C)C)CC2(C1)C3. The second kappa shape index (κ2) is 2.19. The zero-order valence-electron chi connectivity index (χ0n) is 9.93. The Kier molecular flexibility index (Phi) is 1.44. The van der Waals surface area contributed by atoms with Crippen LogP contribution in [0.4, 0.5) is 0 Å². The summed E-state index contributed by atoms with van der Waals surface area (Å²) in [5.41, 5.74) is 1.79. The Labute approximate surface area is 87.3 Å². The van der Waals surface area contributed by atoms with Gasteiger partial charge < -0.3 is 4.90 Å². The lowest BCUT2D eigenvalue weighted by atomic mass is 10.0. The topological polar surface area (TPSA) is 6.48 Å². The van der Waals surface area contributed by atoms with Crippen LogP contribution in [0.5, 0.6) is 0 Å². The highest BCUT2D eigenvalue weighted by Gasteiger charge is 2.75. The molecule has 2 heteroatoms. The molecule has 0 aromatic rings. The molecule has 0 radical (unpaired) electrons. The van der Waals surface area contributed by atoms with E-state index in [2.05, 4.69) is 37.6 Å². The van der Waals surface area contributed by atoms with Crippen LogP contribution in [0.1, 0.15) is 27.2 Å². The summed E-state index contributed by atoms with van der Waals surface area (Å²) in [6.45, 7) is 12.4. The first kappa shape index (κ1) is 9.17. The van der Waals surface area contributed by atoms with Gasteiger partial charge in [0.25, 0.3) is 0 Å². The predicted molar refractivity (Wildman–Crippen MR) is 58.3 cm³/mol. The van der Waals surface area contributed by atoms with Crippen LogP contribution in [0, 0.1) is 10.8 Å². The molecule has 0 amide bonds. The van der Waals surface area contributed by atoms with Crippen LogP contribution in [0.3, 0.4) is 0 Å². The standard InChI is InChI=1S/C12H22N2/c1-10(2,3)14-8-11-5-12(11,9-14)7-13(4)6-11/h5-9H2,1-4H3. The summed E-state index contributed by atoms with van der Waals surface area (Å²) in [5, 5.41) is 0. The molecule has 0 aromatic heterocycles. The van der Waals surface area contributed by atoms with E-state index >= 15 is 0 Å². The maximum absolute atomic E-state index is 2.70. The lowest BCUT2D eigenvalue weighted by Gasteiger charge is -2.36. The van der Waals surface area contributed by atoms with Crippen LogP contribution < -0.4 is 0 Å². The van der Waals surface area contributed by atoms with E-state index in [1.165, 1.54) is 32.6 Å². The van der Waals surface area contributed by atoms with E-state index < -0.39 is 0 Å². The van der Waals surface area contributed by atoms with Crippen molar-refractivity contribution in [2.24, 2.45) is 10.8 Å². The smallest absolute Gasteiger partial charge is 0.0125 e. The molecule has 2 aliphatic heterocycles. The molecule has 0 N–H and O–H groups in total. The highest BCUT2D eigenvalue weighted by atomic mass is 15.3. The highest BCUT2D eigenvalue weighted by molar-refractivity contribution is 5.27. The Morgan fingerprint density at radius 1 is 0.929 bits per heavy atom. The fourth-order valence-corrected chi connectivity index (χ4v) is 3.95. The molecule has 3 aliphatic rings. The van der Waals surface area contributed by atoms with Crippen LogP contribution in [-0.4, -0.2) is 48.6 Å². The molecule has 80 valence electrons. The third-order valence-electron chi connectivity index (χ3n) is 4.76. The van der Waals surface area contributed by atoms with Gasteiger partial charge in [-0.05, 0) is 34.2 Å². The fourth-order valence-electron chi connectivity index (χ4n) is 3.95. The van der Waals surface area contributed by atoms with E-state index in [1.807, 2.05) is 0 Å². The lowest BCUT2D eigenvalue weighted by Crippen LogP contribution is -2.44. The molecule has 3 fully saturated rings. The van der Waals surface area contributed by atoms with Crippen molar-refractivity contribution >= 4 is 0 Å². The third-order valence-corrected chi connectivity index (χ3v) is 4.76. The molecule has 3 rings (SSSR count). The van der Waals surface area contributed by atoms with Crippen molar-refractivity contribution in [1.82, 2.24) is 9.80 Å². The molecular formula is C12H22N2. The zero-order chi connectivity index (χ0) is 10.2. The third kappa shape index (κ3) is 0.938. The quantitative estimate of drug-likeness (QED) is 0.575. The molecule has 0 aromatic carbocycles. The number of nitrogens with zero attached hydrogens (tertiary/aromatic N) is 2. The first-order valence-corrected chi connectivity index (χ1v) is 5.81. The van der Waals surface area contributed by atoms with Gasteiger partial charge in [0, 0.05) is 42.5 Å². The van der Waals surface area contributed by atoms with Gasteiger partial charge in [-0.2, -0.15) is 0 Å². The summed E-state index contributed by atoms with van der Waals surface area (Å²) in [6, 6.07) is 0. The van der Waals surface area contributed by atoms with Crippen molar-refractivity contribution in [3.05, 3.63) is 0 Å². The molecule has 1 saturated carbocycles. The normalized spacial score (nSPS) is 48.0. The van der Waals surface area contributed by atoms with Gasteiger partial charge in [0.05, 0.1) is 0 Å². The van der Waals surface area contributed by atoms with Crippen LogP contribution in [0.2, 0.25) is 0 Å². The van der Waals surface area contributed by atoms with Crippen LogP contribution in [0.15, 0.2) is 0 Å². The van der Waals surface area contributed by atoms with Crippen molar-refractivity contribution in [2.75, 3.05) is 33.2 Å². The molecule has 14 heavy (non-hydrogen) atoms. The summed E-state index contributed by atoms with van der Waals surface area (Å²) >= 11 is 0. The summed E-state index contributed by atoms with van der Waals surface area (Å²) in [4.78, 5) is 5.23. The van der Waals surface area contributed by atoms with Crippen molar-refractivity contribution in [1.29, 1.82) is 0 Å². The Balaban J connectivity index is 1.81. The lowest BCUT2D eigenvalue weighted by molar-refractivity contribution is 0.115. The monoisotopic (exact) mass is 194 g/mol. The molecule has 2 saturated heterocycles. The minimum absolute atomic E-state index is 0.378. The van der Waals surface area contributed by atoms with E-state index in [9.17, 15) is 0 Å². The Morgan fingerprint density at radius 2 is 1.43 bits per heavy atom. The number of likely N-dealkylation sites (tertiary alicyclic amines) is 2. The number of hydrogen-bond donors (Lipinski definition) is 0. The van der Waals surface area contributed by atoms with Gasteiger partial charge in [0.2, 0.25) is 0 Å². The minimum Gasteiger partial charge on any atom is -0.305 e. The molecule has 0 bridgehead atoms. The number of rotatable bonds is 0. The average molecular weight is 194 g/mol. The maximum Gasteiger partial charge on any atom is 0.0125 e. The molecule has 2 atom stereocenters. The molecule has 2 unspecified atom stereocenters. The second-order valence-corrected chi connectivity index (χ2v) is 6.94. The Morgan fingerprint density at radius 3 is 1.86 bits per heavy atom. The highest BCUT2D eigenvalue weighted by Crippen LogP contribution is 2.72. The fraction of sp³-hybridized carbons (Fsp3) is 1.00. The van der Waals surface area contributed by atoms with Gasteiger partial charge in [-0.15, -0.1) is 0 Å². The van der Waals surface area contributed by atoms with Crippen LogP contribution >= 0.6 is 0 Å². The van der Waals surface area contributed by atoms with E-state index in [-0.39, 0.29) is 0 Å². The first-order valence-electron chi connectivity index (χ1n) is 5.81. The van der Waals surface area contributed by atoms with Gasteiger partial charge in [-0.25, -0.2) is 0 Å². The van der Waals surface area contributed by atoms with Gasteiger partial charge in [-0.1, -0.05) is 0 Å². The molecule has 2 nitrogen and oxygen atoms in total. The van der Waals surface area contributed by atoms with Crippen LogP contribution in [-0.2, 0) is 0 Å². The van der Waals surface area contributed by atoms with E-state index in [0.29, 0.717) is 16.4 Å². The van der Waals surface area contributed by atoms with Crippen molar-refractivity contribution in [2.45, 2.75) is 32.7 Å². The number of piperidine rings is 2. The summed E-state index contributed by atoms with van der Waals surface area (Å²) < 4.78 is 0. The average Bonchev–Trinajstić information content (AvgIpc) is 2.30. The largest absolute Gasteiger partial charge is 0.305 e. The summed E-state index contributed by atoms with van der Waals surface area (Å²) in [6.07, 6.45) is 1.51. The van der Waals surface area contributed by atoms with E-state index in [0.717, 1.165) is 0 Å². The van der Waals surface area contributed by atoms with Gasteiger partial charge >= 0.3 is 0 Å². The molecular weight excluding hydrogens is 172 g/mol. The first-order chi connectivity index (χ1) is 6.37. The summed E-state index contributed by atoms with van der Waals surface area (Å²) in [5.74, 6) is 0. The summed E-state index contributed by atoms with van der Waals surface area (Å²) in [7, 11) is 2.28. The zero-order valence-corrected chi connectivity index (χ0v) is 9.93.